The van der Waals surface area contributed by atoms with Gasteiger partial charge >= 0.3 is 0 Å². The predicted octanol–water partition coefficient (Wildman–Crippen LogP) is 2.41. The first-order valence-corrected chi connectivity index (χ1v) is 9.11. The van der Waals surface area contributed by atoms with Gasteiger partial charge in [0, 0.05) is 12.0 Å². The second kappa shape index (κ2) is 6.20. The summed E-state index contributed by atoms with van der Waals surface area (Å²) in [4.78, 5) is 0. The fourth-order valence-corrected chi connectivity index (χ4v) is 3.61. The molecule has 0 saturated heterocycles. The van der Waals surface area contributed by atoms with Gasteiger partial charge in [-0.1, -0.05) is 0 Å². The Morgan fingerprint density at radius 2 is 2.04 bits per heavy atom. The van der Waals surface area contributed by atoms with Gasteiger partial charge in [0.1, 0.15) is 23.0 Å². The summed E-state index contributed by atoms with van der Waals surface area (Å²) in [5, 5.41) is 4.26. The highest BCUT2D eigenvalue weighted by molar-refractivity contribution is 7.88. The molecule has 1 aromatic carbocycles. The van der Waals surface area contributed by atoms with Gasteiger partial charge < -0.3 is 13.9 Å². The van der Waals surface area contributed by atoms with Crippen molar-refractivity contribution in [1.29, 1.82) is 0 Å². The Morgan fingerprint density at radius 3 is 2.62 bits per heavy atom. The van der Waals surface area contributed by atoms with Gasteiger partial charge in [0.25, 0.3) is 0 Å². The smallest absolute Gasteiger partial charge is 0.247 e. The van der Waals surface area contributed by atoms with Crippen molar-refractivity contribution in [3.8, 4) is 11.5 Å². The van der Waals surface area contributed by atoms with Crippen molar-refractivity contribution in [3.05, 3.63) is 47.9 Å². The Morgan fingerprint density at radius 1 is 1.25 bits per heavy atom. The van der Waals surface area contributed by atoms with Crippen LogP contribution in [-0.2, 0) is 10.0 Å². The Bertz CT molecular complexity index is 859. The number of hydrogen-bond acceptors (Lipinski definition) is 6. The van der Waals surface area contributed by atoms with E-state index in [1.165, 1.54) is 6.26 Å². The normalized spacial score (nSPS) is 17.7. The molecule has 1 aromatic heterocycles. The topological polar surface area (TPSA) is 81.3 Å². The molecule has 8 heteroatoms. The maximum atomic E-state index is 12.2. The van der Waals surface area contributed by atoms with Gasteiger partial charge in [-0.15, -0.1) is 0 Å². The minimum absolute atomic E-state index is 0.379. The number of nitrogens with zero attached hydrogens (tertiary/aromatic N) is 2. The zero-order chi connectivity index (χ0) is 17.3. The molecule has 0 radical (unpaired) electrons. The Kier molecular flexibility index (Phi) is 4.23. The number of methoxy groups -OCH3 is 2. The molecule has 2 aromatic rings. The van der Waals surface area contributed by atoms with E-state index in [0.717, 1.165) is 10.7 Å². The summed E-state index contributed by atoms with van der Waals surface area (Å²) < 4.78 is 41.5. The van der Waals surface area contributed by atoms with Gasteiger partial charge in [0.2, 0.25) is 10.0 Å². The standard InChI is InChI=1S/C16H18N2O5S/c1-21-11-6-7-15(22-2)12(9-11)14-10-13(16-5-4-8-23-16)17-18(14)24(3,19)20/h4-9,14H,10H2,1-3H3/t14-/m0/s1. The summed E-state index contributed by atoms with van der Waals surface area (Å²) in [5.41, 5.74) is 1.26. The van der Waals surface area contributed by atoms with Gasteiger partial charge in [-0.3, -0.25) is 0 Å². The molecule has 0 aliphatic carbocycles. The number of sulfonamides is 1. The second-order valence-corrected chi connectivity index (χ2v) is 7.23. The largest absolute Gasteiger partial charge is 0.497 e. The molecule has 0 amide bonds. The molecule has 0 fully saturated rings. The van der Waals surface area contributed by atoms with Crippen molar-refractivity contribution in [2.45, 2.75) is 12.5 Å². The number of ether oxygens (including phenoxy) is 2. The average molecular weight is 350 g/mol. The summed E-state index contributed by atoms with van der Waals surface area (Å²) in [7, 11) is -0.465. The van der Waals surface area contributed by atoms with Crippen LogP contribution < -0.4 is 9.47 Å². The number of hydrazone groups is 1. The Balaban J connectivity index is 2.07. The summed E-state index contributed by atoms with van der Waals surface area (Å²) in [6, 6.07) is 8.25. The van der Waals surface area contributed by atoms with E-state index in [-0.39, 0.29) is 0 Å². The lowest BCUT2D eigenvalue weighted by Gasteiger charge is -2.23. The first kappa shape index (κ1) is 16.4. The van der Waals surface area contributed by atoms with Gasteiger partial charge in [-0.05, 0) is 30.3 Å². The monoisotopic (exact) mass is 350 g/mol. The van der Waals surface area contributed by atoms with E-state index in [1.54, 1.807) is 44.6 Å². The summed E-state index contributed by atoms with van der Waals surface area (Å²) >= 11 is 0. The minimum atomic E-state index is -3.56. The molecule has 2 heterocycles. The molecule has 0 spiro atoms. The molecule has 0 unspecified atom stereocenters. The number of furan rings is 1. The van der Waals surface area contributed by atoms with Crippen LogP contribution in [0.4, 0.5) is 0 Å². The van der Waals surface area contributed by atoms with Crippen LogP contribution in [0.1, 0.15) is 23.8 Å². The Hall–Kier alpha value is -2.48. The van der Waals surface area contributed by atoms with Crippen molar-refractivity contribution in [2.24, 2.45) is 5.10 Å². The van der Waals surface area contributed by atoms with Crippen LogP contribution in [0.25, 0.3) is 0 Å². The van der Waals surface area contributed by atoms with Gasteiger partial charge in [-0.25, -0.2) is 8.42 Å². The molecule has 0 bridgehead atoms. The number of rotatable bonds is 5. The van der Waals surface area contributed by atoms with Gasteiger partial charge in [0.15, 0.2) is 0 Å². The lowest BCUT2D eigenvalue weighted by atomic mass is 10.0. The van der Waals surface area contributed by atoms with E-state index in [4.69, 9.17) is 13.9 Å². The van der Waals surface area contributed by atoms with Crippen LogP contribution in [0, 0.1) is 0 Å². The maximum Gasteiger partial charge on any atom is 0.247 e. The molecule has 0 N–H and O–H groups in total. The zero-order valence-electron chi connectivity index (χ0n) is 13.6. The third-order valence-corrected chi connectivity index (χ3v) is 4.83. The SMILES string of the molecule is COc1ccc(OC)c([C@@H]2CC(c3ccco3)=NN2S(C)(=O)=O)c1. The highest BCUT2D eigenvalue weighted by Gasteiger charge is 2.37. The van der Waals surface area contributed by atoms with Crippen LogP contribution in [-0.4, -0.2) is 39.0 Å². The molecule has 0 saturated carbocycles. The van der Waals surface area contributed by atoms with Crippen LogP contribution >= 0.6 is 0 Å². The molecule has 128 valence electrons. The van der Waals surface area contributed by atoms with Crippen LogP contribution in [0.15, 0.2) is 46.1 Å². The molecule has 1 aliphatic rings. The van der Waals surface area contributed by atoms with E-state index in [0.29, 0.717) is 35.0 Å². The molecule has 1 aliphatic heterocycles. The second-order valence-electron chi connectivity index (χ2n) is 5.39. The first-order chi connectivity index (χ1) is 11.4. The molecule has 1 atom stereocenters. The van der Waals surface area contributed by atoms with Crippen LogP contribution in [0.3, 0.4) is 0 Å². The number of hydrogen-bond donors (Lipinski definition) is 0. The van der Waals surface area contributed by atoms with E-state index in [9.17, 15) is 8.42 Å². The molecule has 7 nitrogen and oxygen atoms in total. The third-order valence-electron chi connectivity index (χ3n) is 3.81. The zero-order valence-corrected chi connectivity index (χ0v) is 14.4. The van der Waals surface area contributed by atoms with Crippen molar-refractivity contribution < 1.29 is 22.3 Å². The molecular formula is C16H18N2O5S. The Labute approximate surface area is 140 Å². The van der Waals surface area contributed by atoms with Gasteiger partial charge in [0.05, 0.1) is 32.8 Å². The van der Waals surface area contributed by atoms with Crippen LogP contribution in [0.2, 0.25) is 0 Å². The van der Waals surface area contributed by atoms with Gasteiger partial charge in [-0.2, -0.15) is 9.52 Å². The summed E-state index contributed by atoms with van der Waals surface area (Å²) in [6.45, 7) is 0. The lowest BCUT2D eigenvalue weighted by molar-refractivity contribution is 0.348. The first-order valence-electron chi connectivity index (χ1n) is 7.26. The fourth-order valence-electron chi connectivity index (χ4n) is 2.72. The van der Waals surface area contributed by atoms with E-state index < -0.39 is 16.1 Å². The molecule has 3 rings (SSSR count). The summed E-state index contributed by atoms with van der Waals surface area (Å²) in [5.74, 6) is 1.74. The molecule has 24 heavy (non-hydrogen) atoms. The minimum Gasteiger partial charge on any atom is -0.497 e. The van der Waals surface area contributed by atoms with Crippen molar-refractivity contribution >= 4 is 15.7 Å². The highest BCUT2D eigenvalue weighted by Crippen LogP contribution is 2.40. The van der Waals surface area contributed by atoms with Crippen LogP contribution in [0.5, 0.6) is 11.5 Å². The fraction of sp³-hybridized carbons (Fsp3) is 0.312. The van der Waals surface area contributed by atoms with E-state index in [1.807, 2.05) is 0 Å². The average Bonchev–Trinajstić information content (AvgIpc) is 3.22. The lowest BCUT2D eigenvalue weighted by Crippen LogP contribution is -2.26. The quantitative estimate of drug-likeness (QED) is 0.827. The van der Waals surface area contributed by atoms with Crippen molar-refractivity contribution in [3.63, 3.8) is 0 Å². The molecular weight excluding hydrogens is 332 g/mol. The summed E-state index contributed by atoms with van der Waals surface area (Å²) in [6.07, 6.45) is 3.04. The maximum absolute atomic E-state index is 12.2. The van der Waals surface area contributed by atoms with E-state index >= 15 is 0 Å². The third kappa shape index (κ3) is 2.96. The highest BCUT2D eigenvalue weighted by atomic mass is 32.2. The van der Waals surface area contributed by atoms with Crippen molar-refractivity contribution in [1.82, 2.24) is 4.41 Å². The number of benzene rings is 1. The van der Waals surface area contributed by atoms with Crippen molar-refractivity contribution in [2.75, 3.05) is 20.5 Å². The predicted molar refractivity (Wildman–Crippen MR) is 88.8 cm³/mol. The van der Waals surface area contributed by atoms with E-state index in [2.05, 4.69) is 5.10 Å².